The minimum atomic E-state index is -7.93. The Morgan fingerprint density at radius 2 is 0.769 bits per heavy atom. The maximum absolute atomic E-state index is 14.8. The van der Waals surface area contributed by atoms with Crippen molar-refractivity contribution in [3.8, 4) is 0 Å². The third kappa shape index (κ3) is 4.75. The van der Waals surface area contributed by atoms with Gasteiger partial charge in [-0.3, -0.25) is 0 Å². The molecule has 0 unspecified atom stereocenters. The molecular formula is C23H15F11O3S2. The number of rotatable bonds is 9. The smallest absolute Gasteiger partial charge is 0.202 e. The molecule has 3 aromatic rings. The second-order valence-electron chi connectivity index (χ2n) is 7.76. The van der Waals surface area contributed by atoms with Crippen LogP contribution in [-0.2, 0) is 13.7 Å². The topological polar surface area (TPSA) is 43.4 Å². The molecule has 0 saturated carbocycles. The highest BCUT2D eigenvalue weighted by molar-refractivity contribution is 8.33. The molecule has 39 heavy (non-hydrogen) atoms. The van der Waals surface area contributed by atoms with Crippen LogP contribution in [-0.4, -0.2) is 37.6 Å². The first kappa shape index (κ1) is 30.7. The van der Waals surface area contributed by atoms with Gasteiger partial charge in [-0.15, -0.1) is 0 Å². The fourth-order valence-electron chi connectivity index (χ4n) is 3.25. The second kappa shape index (κ2) is 9.96. The van der Waals surface area contributed by atoms with Crippen LogP contribution in [0.2, 0.25) is 0 Å². The van der Waals surface area contributed by atoms with Crippen LogP contribution in [0, 0.1) is 0 Å². The van der Waals surface area contributed by atoms with Crippen LogP contribution >= 0.6 is 10.3 Å². The lowest BCUT2D eigenvalue weighted by Crippen LogP contribution is -2.68. The summed E-state index contributed by atoms with van der Waals surface area (Å²) >= 11 is 0. The predicted molar refractivity (Wildman–Crippen MR) is 118 cm³/mol. The van der Waals surface area contributed by atoms with E-state index >= 15 is 0 Å². The largest absolute Gasteiger partial charge is 0.460 e. The van der Waals surface area contributed by atoms with Crippen LogP contribution in [0.25, 0.3) is 0 Å². The fraction of sp³-hybridized carbons (Fsp3) is 0.217. The van der Waals surface area contributed by atoms with E-state index in [1.54, 1.807) is 0 Å². The van der Waals surface area contributed by atoms with Crippen molar-refractivity contribution in [3.63, 3.8) is 0 Å². The van der Waals surface area contributed by atoms with E-state index in [1.165, 1.54) is 54.6 Å². The van der Waals surface area contributed by atoms with Crippen molar-refractivity contribution in [2.24, 2.45) is 0 Å². The van der Waals surface area contributed by atoms with Crippen LogP contribution in [0.5, 0.6) is 0 Å². The van der Waals surface area contributed by atoms with Crippen molar-refractivity contribution in [2.75, 3.05) is 0 Å². The summed E-state index contributed by atoms with van der Waals surface area (Å²) in [5.41, 5.74) is 0. The van der Waals surface area contributed by atoms with E-state index < -0.39 is 49.6 Å². The molecule has 3 nitrogen and oxygen atoms in total. The van der Waals surface area contributed by atoms with Crippen molar-refractivity contribution in [1.82, 2.24) is 0 Å². The number of hydrogen-bond acceptors (Lipinski definition) is 3. The highest BCUT2D eigenvalue weighted by Gasteiger charge is 2.90. The molecule has 16 heteroatoms. The van der Waals surface area contributed by atoms with Gasteiger partial charge in [0.15, 0.2) is 0 Å². The van der Waals surface area contributed by atoms with E-state index in [0.717, 1.165) is 36.4 Å². The summed E-state index contributed by atoms with van der Waals surface area (Å²) in [6.45, 7) is 0. The van der Waals surface area contributed by atoms with E-state index in [4.69, 9.17) is 3.63 Å². The van der Waals surface area contributed by atoms with Crippen LogP contribution < -0.4 is 0 Å². The molecule has 0 N–H and O–H groups in total. The summed E-state index contributed by atoms with van der Waals surface area (Å²) in [7, 11) is -11.5. The lowest BCUT2D eigenvalue weighted by Gasteiger charge is -2.42. The number of alkyl halides is 11. The maximum Gasteiger partial charge on any atom is 0.460 e. The van der Waals surface area contributed by atoms with Crippen LogP contribution in [0.1, 0.15) is 0 Å². The van der Waals surface area contributed by atoms with E-state index in [2.05, 4.69) is 0 Å². The third-order valence-corrected chi connectivity index (χ3v) is 10.5. The summed E-state index contributed by atoms with van der Waals surface area (Å²) in [6, 6.07) is 18.6. The molecule has 0 aromatic heterocycles. The molecule has 0 amide bonds. The van der Waals surface area contributed by atoms with Crippen molar-refractivity contribution in [2.45, 2.75) is 43.9 Å². The van der Waals surface area contributed by atoms with Crippen LogP contribution in [0.15, 0.2) is 106 Å². The molecule has 214 valence electrons. The van der Waals surface area contributed by atoms with Gasteiger partial charge in [0.05, 0.1) is 0 Å². The average Bonchev–Trinajstić information content (AvgIpc) is 2.87. The Morgan fingerprint density at radius 3 is 1.05 bits per heavy atom. The molecule has 0 aliphatic carbocycles. The molecule has 0 heterocycles. The Bertz CT molecular complexity index is 1280. The maximum atomic E-state index is 14.8. The van der Waals surface area contributed by atoms with Gasteiger partial charge in [-0.2, -0.15) is 56.7 Å². The molecule has 3 rings (SSSR count). The first-order chi connectivity index (χ1) is 17.8. The number of benzene rings is 3. The van der Waals surface area contributed by atoms with Crippen molar-refractivity contribution >= 4 is 20.4 Å². The Balaban J connectivity index is 2.31. The summed E-state index contributed by atoms with van der Waals surface area (Å²) in [5.74, 6) is -23.5. The first-order valence-corrected chi connectivity index (χ1v) is 13.3. The second-order valence-corrected chi connectivity index (χ2v) is 12.2. The molecular weight excluding hydrogens is 597 g/mol. The Hall–Kier alpha value is -2.85. The molecule has 0 atom stereocenters. The van der Waals surface area contributed by atoms with Crippen molar-refractivity contribution < 1.29 is 60.3 Å². The summed E-state index contributed by atoms with van der Waals surface area (Å²) in [6.07, 6.45) is -7.45. The summed E-state index contributed by atoms with van der Waals surface area (Å²) < 4.78 is 181. The zero-order chi connectivity index (χ0) is 29.5. The van der Waals surface area contributed by atoms with Gasteiger partial charge in [-0.25, -0.2) is 3.63 Å². The molecule has 3 aromatic carbocycles. The minimum absolute atomic E-state index is 0.252. The fourth-order valence-corrected chi connectivity index (χ4v) is 8.49. The van der Waals surface area contributed by atoms with E-state index in [0.29, 0.717) is 0 Å². The predicted octanol–water partition coefficient (Wildman–Crippen LogP) is 8.29. The number of halogens is 11. The number of hydrogen-bond donors (Lipinski definition) is 0. The van der Waals surface area contributed by atoms with Crippen LogP contribution in [0.4, 0.5) is 48.3 Å². The average molecular weight is 612 g/mol. The molecule has 0 spiro atoms. The molecule has 0 radical (unpaired) electrons. The van der Waals surface area contributed by atoms with Gasteiger partial charge >= 0.3 is 39.3 Å². The van der Waals surface area contributed by atoms with Crippen molar-refractivity contribution in [3.05, 3.63) is 91.0 Å². The molecule has 0 aliphatic rings. The van der Waals surface area contributed by atoms with Gasteiger partial charge in [-0.1, -0.05) is 54.6 Å². The van der Waals surface area contributed by atoms with E-state index in [-0.39, 0.29) is 14.7 Å². The summed E-state index contributed by atoms with van der Waals surface area (Å²) in [5, 5.41) is -7.30. The van der Waals surface area contributed by atoms with Crippen molar-refractivity contribution in [1.29, 1.82) is 0 Å². The molecule has 0 aliphatic heterocycles. The monoisotopic (exact) mass is 612 g/mol. The third-order valence-electron chi connectivity index (χ3n) is 5.24. The first-order valence-electron chi connectivity index (χ1n) is 10.3. The van der Waals surface area contributed by atoms with Gasteiger partial charge in [0.2, 0.25) is 0 Å². The quantitative estimate of drug-likeness (QED) is 0.229. The Kier molecular flexibility index (Phi) is 7.84. The molecule has 0 bridgehead atoms. The van der Waals surface area contributed by atoms with Gasteiger partial charge < -0.3 is 0 Å². The minimum Gasteiger partial charge on any atom is -0.202 e. The van der Waals surface area contributed by atoms with Crippen LogP contribution in [0.3, 0.4) is 0 Å². The van der Waals surface area contributed by atoms with Gasteiger partial charge in [-0.05, 0) is 46.7 Å². The lowest BCUT2D eigenvalue weighted by atomic mass is 10.0. The van der Waals surface area contributed by atoms with Gasteiger partial charge in [0.1, 0.15) is 0 Å². The highest BCUT2D eigenvalue weighted by atomic mass is 32.3. The zero-order valence-corrected chi connectivity index (χ0v) is 20.5. The highest BCUT2D eigenvalue weighted by Crippen LogP contribution is 2.71. The lowest BCUT2D eigenvalue weighted by molar-refractivity contribution is -0.413. The summed E-state index contributed by atoms with van der Waals surface area (Å²) in [4.78, 5) is -0.757. The molecule has 0 saturated heterocycles. The Labute approximate surface area is 215 Å². The van der Waals surface area contributed by atoms with E-state index in [9.17, 15) is 56.7 Å². The normalized spacial score (nSPS) is 14.7. The Morgan fingerprint density at radius 1 is 0.462 bits per heavy atom. The standard InChI is InChI=1S/C23H15F11O3S2/c24-19(25,20(26,27)22(30,31)32)21(28,29)23(33,34)39(35,36)37-38(16-10-4-1-5-11-16,17-12-6-2-7-13-17)18-14-8-3-9-15-18/h1-15H. The van der Waals surface area contributed by atoms with Gasteiger partial charge in [0, 0.05) is 14.7 Å². The SMILES string of the molecule is O=S(=O)(OS(c1ccccc1)(c1ccccc1)c1ccccc1)C(F)(F)C(F)(F)C(F)(F)C(F)(F)C(F)(F)F. The van der Waals surface area contributed by atoms with Gasteiger partial charge in [0.25, 0.3) is 0 Å². The zero-order valence-electron chi connectivity index (χ0n) is 18.9. The molecule has 0 fully saturated rings. The van der Waals surface area contributed by atoms with E-state index in [1.807, 2.05) is 0 Å².